The molecule has 120 valence electrons. The smallest absolute Gasteiger partial charge is 0.318 e. The van der Waals surface area contributed by atoms with E-state index in [0.717, 1.165) is 4.31 Å². The topological polar surface area (TPSA) is 104 Å². The highest BCUT2D eigenvalue weighted by Crippen LogP contribution is 2.34. The van der Waals surface area contributed by atoms with Gasteiger partial charge in [-0.15, -0.1) is 0 Å². The molecular weight excluding hydrogens is 312 g/mol. The number of rotatable bonds is 4. The monoisotopic (exact) mass is 328 g/mol. The first-order chi connectivity index (χ1) is 10.2. The fourth-order valence-electron chi connectivity index (χ4n) is 2.14. The molecule has 1 aliphatic heterocycles. The molecule has 0 spiro atoms. The molecular formula is C13H16N2O6S. The average molecular weight is 328 g/mol. The van der Waals surface area contributed by atoms with Crippen molar-refractivity contribution in [3.63, 3.8) is 0 Å². The molecule has 0 saturated carbocycles. The van der Waals surface area contributed by atoms with Crippen molar-refractivity contribution in [2.75, 3.05) is 31.6 Å². The molecule has 0 bridgehead atoms. The lowest BCUT2D eigenvalue weighted by molar-refractivity contribution is -0.137. The van der Waals surface area contributed by atoms with Gasteiger partial charge in [-0.1, -0.05) is 0 Å². The van der Waals surface area contributed by atoms with E-state index in [9.17, 15) is 18.0 Å². The predicted octanol–water partition coefficient (Wildman–Crippen LogP) is 0.137. The van der Waals surface area contributed by atoms with Crippen molar-refractivity contribution >= 4 is 27.6 Å². The number of fused-ring (bicyclic) bond motifs is 1. The Morgan fingerprint density at radius 2 is 2.09 bits per heavy atom. The Labute approximate surface area is 127 Å². The van der Waals surface area contributed by atoms with Crippen molar-refractivity contribution in [3.05, 3.63) is 18.2 Å². The normalized spacial score (nSPS) is 14.4. The van der Waals surface area contributed by atoms with Crippen LogP contribution >= 0.6 is 0 Å². The highest BCUT2D eigenvalue weighted by Gasteiger charge is 2.27. The van der Waals surface area contributed by atoms with Gasteiger partial charge in [0.15, 0.2) is 0 Å². The molecule has 1 N–H and O–H groups in total. The fourth-order valence-corrected chi connectivity index (χ4v) is 3.28. The minimum absolute atomic E-state index is 0.0910. The fraction of sp³-hybridized carbons (Fsp3) is 0.385. The van der Waals surface area contributed by atoms with Crippen LogP contribution in [0.5, 0.6) is 5.75 Å². The Hall–Kier alpha value is -2.13. The quantitative estimate of drug-likeness (QED) is 0.843. The summed E-state index contributed by atoms with van der Waals surface area (Å²) in [5, 5.41) is 8.72. The number of anilines is 1. The van der Waals surface area contributed by atoms with Gasteiger partial charge >= 0.3 is 5.97 Å². The van der Waals surface area contributed by atoms with Crippen LogP contribution < -0.4 is 9.64 Å². The van der Waals surface area contributed by atoms with E-state index in [1.54, 1.807) is 0 Å². The summed E-state index contributed by atoms with van der Waals surface area (Å²) in [5.74, 6) is -1.06. The van der Waals surface area contributed by atoms with E-state index in [1.165, 1.54) is 37.1 Å². The predicted molar refractivity (Wildman–Crippen MR) is 77.4 cm³/mol. The Kier molecular flexibility index (Phi) is 4.38. The molecule has 0 aromatic heterocycles. The van der Waals surface area contributed by atoms with E-state index in [1.807, 2.05) is 0 Å². The third-order valence-corrected chi connectivity index (χ3v) is 5.04. The van der Waals surface area contributed by atoms with Crippen LogP contribution in [0.1, 0.15) is 6.92 Å². The van der Waals surface area contributed by atoms with Crippen LogP contribution in [0.4, 0.5) is 5.69 Å². The first-order valence-corrected chi connectivity index (χ1v) is 7.90. The molecule has 0 radical (unpaired) electrons. The summed E-state index contributed by atoms with van der Waals surface area (Å²) in [7, 11) is -2.77. The molecule has 22 heavy (non-hydrogen) atoms. The van der Waals surface area contributed by atoms with Crippen LogP contribution in [0.2, 0.25) is 0 Å². The van der Waals surface area contributed by atoms with Crippen LogP contribution in [-0.4, -0.2) is 56.5 Å². The van der Waals surface area contributed by atoms with E-state index in [0.29, 0.717) is 24.6 Å². The summed E-state index contributed by atoms with van der Waals surface area (Å²) in [5.41, 5.74) is 0.364. The number of benzene rings is 1. The minimum atomic E-state index is -3.96. The zero-order valence-electron chi connectivity index (χ0n) is 12.1. The number of hydrogen-bond donors (Lipinski definition) is 1. The zero-order valence-corrected chi connectivity index (χ0v) is 13.0. The van der Waals surface area contributed by atoms with Gasteiger partial charge in [-0.05, 0) is 18.2 Å². The van der Waals surface area contributed by atoms with E-state index < -0.39 is 22.5 Å². The maximum absolute atomic E-state index is 12.3. The van der Waals surface area contributed by atoms with Crippen molar-refractivity contribution in [1.82, 2.24) is 4.31 Å². The van der Waals surface area contributed by atoms with E-state index in [4.69, 9.17) is 9.84 Å². The van der Waals surface area contributed by atoms with E-state index in [-0.39, 0.29) is 10.8 Å². The number of ether oxygens (including phenoxy) is 1. The summed E-state index contributed by atoms with van der Waals surface area (Å²) < 4.78 is 30.8. The number of carboxylic acid groups (broad SMARTS) is 1. The van der Waals surface area contributed by atoms with Crippen LogP contribution in [0.15, 0.2) is 23.1 Å². The molecule has 1 aromatic carbocycles. The maximum Gasteiger partial charge on any atom is 0.318 e. The second-order valence-corrected chi connectivity index (χ2v) is 6.85. The lowest BCUT2D eigenvalue weighted by Crippen LogP contribution is -2.37. The van der Waals surface area contributed by atoms with Crippen LogP contribution in [0.3, 0.4) is 0 Å². The van der Waals surface area contributed by atoms with Crippen molar-refractivity contribution in [1.29, 1.82) is 0 Å². The van der Waals surface area contributed by atoms with Gasteiger partial charge in [-0.25, -0.2) is 8.42 Å². The number of aliphatic carboxylic acids is 1. The average Bonchev–Trinajstić information content (AvgIpc) is 2.45. The molecule has 2 rings (SSSR count). The number of likely N-dealkylation sites (N-methyl/N-ethyl adjacent to an activating group) is 1. The maximum atomic E-state index is 12.3. The van der Waals surface area contributed by atoms with Crippen LogP contribution in [-0.2, 0) is 19.6 Å². The third kappa shape index (κ3) is 3.04. The zero-order chi connectivity index (χ0) is 16.5. The van der Waals surface area contributed by atoms with Gasteiger partial charge in [0.05, 0.1) is 17.1 Å². The van der Waals surface area contributed by atoms with Gasteiger partial charge in [-0.3, -0.25) is 9.59 Å². The number of carbonyl (C=O) groups is 2. The number of nitrogens with zero attached hydrogens (tertiary/aromatic N) is 2. The number of sulfonamides is 1. The molecule has 0 atom stereocenters. The van der Waals surface area contributed by atoms with Gasteiger partial charge in [0, 0.05) is 14.0 Å². The summed E-state index contributed by atoms with van der Waals surface area (Å²) in [4.78, 5) is 23.7. The SMILES string of the molecule is CC(=O)N1CCOc2ccc(S(=O)(=O)N(C)CC(=O)O)cc21. The summed E-state index contributed by atoms with van der Waals surface area (Å²) in [6.45, 7) is 1.40. The van der Waals surface area contributed by atoms with Crippen molar-refractivity contribution in [2.24, 2.45) is 0 Å². The molecule has 9 heteroatoms. The first kappa shape index (κ1) is 16.2. The molecule has 1 aliphatic rings. The molecule has 1 heterocycles. The van der Waals surface area contributed by atoms with Crippen LogP contribution in [0, 0.1) is 0 Å². The standard InChI is InChI=1S/C13H16N2O6S/c1-9(16)15-5-6-21-12-4-3-10(7-11(12)15)22(19,20)14(2)8-13(17)18/h3-4,7H,5-6,8H2,1-2H3,(H,17,18). The Balaban J connectivity index is 2.44. The number of carboxylic acids is 1. The summed E-state index contributed by atoms with van der Waals surface area (Å²) in [6.07, 6.45) is 0. The van der Waals surface area contributed by atoms with Crippen molar-refractivity contribution < 1.29 is 27.9 Å². The Morgan fingerprint density at radius 1 is 1.41 bits per heavy atom. The molecule has 0 aliphatic carbocycles. The van der Waals surface area contributed by atoms with Gasteiger partial charge in [0.2, 0.25) is 15.9 Å². The second kappa shape index (κ2) is 5.93. The van der Waals surface area contributed by atoms with E-state index >= 15 is 0 Å². The summed E-state index contributed by atoms with van der Waals surface area (Å²) in [6, 6.07) is 4.12. The number of hydrogen-bond acceptors (Lipinski definition) is 5. The highest BCUT2D eigenvalue weighted by molar-refractivity contribution is 7.89. The second-order valence-electron chi connectivity index (χ2n) is 4.80. The van der Waals surface area contributed by atoms with Gasteiger partial charge in [-0.2, -0.15) is 4.31 Å². The molecule has 1 amide bonds. The van der Waals surface area contributed by atoms with Crippen LogP contribution in [0.25, 0.3) is 0 Å². The minimum Gasteiger partial charge on any atom is -0.490 e. The van der Waals surface area contributed by atoms with E-state index in [2.05, 4.69) is 0 Å². The number of amides is 1. The molecule has 1 aromatic rings. The summed E-state index contributed by atoms with van der Waals surface area (Å²) >= 11 is 0. The molecule has 0 saturated heterocycles. The number of carbonyl (C=O) groups excluding carboxylic acids is 1. The first-order valence-electron chi connectivity index (χ1n) is 6.46. The van der Waals surface area contributed by atoms with Gasteiger partial charge in [0.25, 0.3) is 0 Å². The van der Waals surface area contributed by atoms with Gasteiger partial charge < -0.3 is 14.7 Å². The Bertz CT molecular complexity index is 715. The largest absolute Gasteiger partial charge is 0.490 e. The molecule has 0 unspecified atom stereocenters. The lowest BCUT2D eigenvalue weighted by Gasteiger charge is -2.29. The molecule has 8 nitrogen and oxygen atoms in total. The highest BCUT2D eigenvalue weighted by atomic mass is 32.2. The Morgan fingerprint density at radius 3 is 2.68 bits per heavy atom. The molecule has 0 fully saturated rings. The lowest BCUT2D eigenvalue weighted by atomic mass is 10.2. The third-order valence-electron chi connectivity index (χ3n) is 3.24. The van der Waals surface area contributed by atoms with Gasteiger partial charge in [0.1, 0.15) is 18.9 Å². The van der Waals surface area contributed by atoms with Crippen molar-refractivity contribution in [2.45, 2.75) is 11.8 Å². The van der Waals surface area contributed by atoms with Crippen molar-refractivity contribution in [3.8, 4) is 5.75 Å².